The van der Waals surface area contributed by atoms with E-state index in [-0.39, 0.29) is 0 Å². The van der Waals surface area contributed by atoms with E-state index in [9.17, 15) is 4.79 Å². The molecule has 0 bridgehead atoms. The molecule has 2 heteroatoms. The van der Waals surface area contributed by atoms with Gasteiger partial charge < -0.3 is 4.74 Å². The number of Topliss-reactive ketones (excluding diaryl/α,β-unsaturated/α-hetero) is 1. The first-order valence-electron chi connectivity index (χ1n) is 7.99. The molecule has 0 heterocycles. The fraction of sp³-hybridized carbons (Fsp3) is 0.824. The summed E-state index contributed by atoms with van der Waals surface area (Å²) in [7, 11) is 1.83. The normalized spacial score (nSPS) is 30.1. The Morgan fingerprint density at radius 2 is 1.79 bits per heavy atom. The second kappa shape index (κ2) is 7.84. The summed E-state index contributed by atoms with van der Waals surface area (Å²) in [5.74, 6) is 2.05. The lowest BCUT2D eigenvalue weighted by Gasteiger charge is -2.25. The SMILES string of the molecule is CO[C@H]1CC[C@H](/C=C/CCC2CCC(=O)CC2)CC1. The molecule has 0 unspecified atom stereocenters. The molecule has 0 saturated heterocycles. The average molecular weight is 264 g/mol. The third kappa shape index (κ3) is 5.10. The van der Waals surface area contributed by atoms with Crippen LogP contribution in [-0.4, -0.2) is 19.0 Å². The Balaban J connectivity index is 1.58. The topological polar surface area (TPSA) is 26.3 Å². The van der Waals surface area contributed by atoms with Crippen LogP contribution < -0.4 is 0 Å². The van der Waals surface area contributed by atoms with Gasteiger partial charge in [0.2, 0.25) is 0 Å². The molecule has 19 heavy (non-hydrogen) atoms. The van der Waals surface area contributed by atoms with Crippen molar-refractivity contribution >= 4 is 5.78 Å². The summed E-state index contributed by atoms with van der Waals surface area (Å²) in [4.78, 5) is 11.2. The van der Waals surface area contributed by atoms with Gasteiger partial charge in [0.1, 0.15) is 5.78 Å². The van der Waals surface area contributed by atoms with Crippen LogP contribution in [0.3, 0.4) is 0 Å². The molecule has 0 aromatic rings. The lowest BCUT2D eigenvalue weighted by Crippen LogP contribution is -2.19. The van der Waals surface area contributed by atoms with E-state index in [4.69, 9.17) is 4.74 Å². The summed E-state index contributed by atoms with van der Waals surface area (Å²) in [5, 5.41) is 0. The van der Waals surface area contributed by atoms with Crippen LogP contribution >= 0.6 is 0 Å². The maximum atomic E-state index is 11.2. The Morgan fingerprint density at radius 3 is 2.42 bits per heavy atom. The highest BCUT2D eigenvalue weighted by Crippen LogP contribution is 2.28. The van der Waals surface area contributed by atoms with Gasteiger partial charge in [-0.1, -0.05) is 12.2 Å². The van der Waals surface area contributed by atoms with Gasteiger partial charge in [-0.3, -0.25) is 4.79 Å². The average Bonchev–Trinajstić information content (AvgIpc) is 2.46. The number of allylic oxidation sites excluding steroid dienone is 2. The molecule has 2 nitrogen and oxygen atoms in total. The number of ketones is 1. The van der Waals surface area contributed by atoms with Crippen LogP contribution in [0.5, 0.6) is 0 Å². The number of ether oxygens (including phenoxy) is 1. The zero-order chi connectivity index (χ0) is 13.5. The van der Waals surface area contributed by atoms with Crippen molar-refractivity contribution in [3.63, 3.8) is 0 Å². The van der Waals surface area contributed by atoms with Crippen molar-refractivity contribution in [2.24, 2.45) is 11.8 Å². The second-order valence-corrected chi connectivity index (χ2v) is 6.26. The van der Waals surface area contributed by atoms with Crippen molar-refractivity contribution < 1.29 is 9.53 Å². The number of rotatable bonds is 5. The molecule has 2 fully saturated rings. The van der Waals surface area contributed by atoms with E-state index in [1.165, 1.54) is 38.5 Å². The van der Waals surface area contributed by atoms with Crippen LogP contribution in [0, 0.1) is 11.8 Å². The van der Waals surface area contributed by atoms with Crippen molar-refractivity contribution in [1.29, 1.82) is 0 Å². The molecule has 2 aliphatic carbocycles. The van der Waals surface area contributed by atoms with Gasteiger partial charge in [0.15, 0.2) is 0 Å². The maximum Gasteiger partial charge on any atom is 0.132 e. The first kappa shape index (κ1) is 14.8. The first-order chi connectivity index (χ1) is 9.28. The predicted molar refractivity (Wildman–Crippen MR) is 78.1 cm³/mol. The van der Waals surface area contributed by atoms with E-state index >= 15 is 0 Å². The highest BCUT2D eigenvalue weighted by atomic mass is 16.5. The molecule has 108 valence electrons. The van der Waals surface area contributed by atoms with E-state index in [0.29, 0.717) is 11.9 Å². The van der Waals surface area contributed by atoms with Crippen molar-refractivity contribution in [2.45, 2.75) is 70.3 Å². The molecule has 0 N–H and O–H groups in total. The minimum Gasteiger partial charge on any atom is -0.381 e. The summed E-state index contributed by atoms with van der Waals surface area (Å²) in [5.41, 5.74) is 0. The summed E-state index contributed by atoms with van der Waals surface area (Å²) < 4.78 is 5.40. The predicted octanol–water partition coefficient (Wildman–Crippen LogP) is 4.29. The molecule has 2 aliphatic rings. The number of methoxy groups -OCH3 is 1. The van der Waals surface area contributed by atoms with Crippen LogP contribution in [0.25, 0.3) is 0 Å². The van der Waals surface area contributed by atoms with Crippen LogP contribution in [0.1, 0.15) is 64.2 Å². The minimum absolute atomic E-state index is 0.474. The van der Waals surface area contributed by atoms with Crippen LogP contribution in [0.2, 0.25) is 0 Å². The molecular formula is C17H28O2. The molecule has 0 radical (unpaired) electrons. The standard InChI is InChI=1S/C17H28O2/c1-19-17-12-8-15(9-13-17)5-3-2-4-14-6-10-16(18)11-7-14/h3,5,14-15,17H,2,4,6-13H2,1H3/b5-3+/t15-,17-. The summed E-state index contributed by atoms with van der Waals surface area (Å²) in [6.07, 6.45) is 16.7. The number of hydrogen-bond donors (Lipinski definition) is 0. The molecule has 0 spiro atoms. The van der Waals surface area contributed by atoms with Gasteiger partial charge in [0.25, 0.3) is 0 Å². The Kier molecular flexibility index (Phi) is 6.09. The first-order valence-corrected chi connectivity index (χ1v) is 7.99. The lowest BCUT2D eigenvalue weighted by molar-refractivity contribution is -0.121. The fourth-order valence-corrected chi connectivity index (χ4v) is 3.43. The quantitative estimate of drug-likeness (QED) is 0.692. The van der Waals surface area contributed by atoms with Crippen molar-refractivity contribution in [2.75, 3.05) is 7.11 Å². The van der Waals surface area contributed by atoms with Gasteiger partial charge in [-0.05, 0) is 63.2 Å². The Hall–Kier alpha value is -0.630. The molecule has 0 atom stereocenters. The van der Waals surface area contributed by atoms with Crippen molar-refractivity contribution in [3.05, 3.63) is 12.2 Å². The third-order valence-electron chi connectivity index (χ3n) is 4.86. The molecule has 2 saturated carbocycles. The number of carbonyl (C=O) groups excluding carboxylic acids is 1. The number of hydrogen-bond acceptors (Lipinski definition) is 2. The van der Waals surface area contributed by atoms with Gasteiger partial charge in [-0.15, -0.1) is 0 Å². The van der Waals surface area contributed by atoms with Gasteiger partial charge in [-0.25, -0.2) is 0 Å². The van der Waals surface area contributed by atoms with Crippen molar-refractivity contribution in [1.82, 2.24) is 0 Å². The molecule has 0 aromatic heterocycles. The zero-order valence-electron chi connectivity index (χ0n) is 12.3. The highest BCUT2D eigenvalue weighted by molar-refractivity contribution is 5.78. The number of carbonyl (C=O) groups is 1. The second-order valence-electron chi connectivity index (χ2n) is 6.26. The van der Waals surface area contributed by atoms with Gasteiger partial charge in [0, 0.05) is 20.0 Å². The Labute approximate surface area is 117 Å². The third-order valence-corrected chi connectivity index (χ3v) is 4.86. The van der Waals surface area contributed by atoms with Crippen LogP contribution in [0.4, 0.5) is 0 Å². The monoisotopic (exact) mass is 264 g/mol. The lowest BCUT2D eigenvalue weighted by atomic mass is 9.84. The zero-order valence-corrected chi connectivity index (χ0v) is 12.3. The molecule has 2 rings (SSSR count). The van der Waals surface area contributed by atoms with Crippen LogP contribution in [0.15, 0.2) is 12.2 Å². The summed E-state index contributed by atoms with van der Waals surface area (Å²) in [6, 6.07) is 0. The van der Waals surface area contributed by atoms with E-state index in [1.54, 1.807) is 0 Å². The van der Waals surface area contributed by atoms with E-state index in [0.717, 1.165) is 37.5 Å². The molecule has 0 aromatic carbocycles. The van der Waals surface area contributed by atoms with Gasteiger partial charge in [0.05, 0.1) is 6.10 Å². The minimum atomic E-state index is 0.474. The Morgan fingerprint density at radius 1 is 1.11 bits per heavy atom. The Bertz CT molecular complexity index is 290. The highest BCUT2D eigenvalue weighted by Gasteiger charge is 2.19. The molecular weight excluding hydrogens is 236 g/mol. The van der Waals surface area contributed by atoms with Gasteiger partial charge in [-0.2, -0.15) is 0 Å². The molecule has 0 amide bonds. The maximum absolute atomic E-state index is 11.2. The van der Waals surface area contributed by atoms with Crippen molar-refractivity contribution in [3.8, 4) is 0 Å². The van der Waals surface area contributed by atoms with Gasteiger partial charge >= 0.3 is 0 Å². The summed E-state index contributed by atoms with van der Waals surface area (Å²) in [6.45, 7) is 0. The summed E-state index contributed by atoms with van der Waals surface area (Å²) >= 11 is 0. The fourth-order valence-electron chi connectivity index (χ4n) is 3.43. The smallest absolute Gasteiger partial charge is 0.132 e. The van der Waals surface area contributed by atoms with E-state index < -0.39 is 0 Å². The largest absolute Gasteiger partial charge is 0.381 e. The van der Waals surface area contributed by atoms with E-state index in [2.05, 4.69) is 12.2 Å². The van der Waals surface area contributed by atoms with Crippen LogP contribution in [-0.2, 0) is 9.53 Å². The molecule has 0 aliphatic heterocycles. The van der Waals surface area contributed by atoms with E-state index in [1.807, 2.05) is 7.11 Å².